The fourth-order valence-electron chi connectivity index (χ4n) is 3.35. The van der Waals surface area contributed by atoms with Gasteiger partial charge in [0, 0.05) is 23.8 Å². The lowest BCUT2D eigenvalue weighted by atomic mass is 10.2. The van der Waals surface area contributed by atoms with Crippen molar-refractivity contribution >= 4 is 40.9 Å². The first-order valence-corrected chi connectivity index (χ1v) is 11.4. The maximum atomic E-state index is 12.8. The number of thioether (sulfide) groups is 1. The van der Waals surface area contributed by atoms with Crippen LogP contribution in [0.25, 0.3) is 5.69 Å². The van der Waals surface area contributed by atoms with Crippen molar-refractivity contribution in [1.82, 2.24) is 14.8 Å². The third-order valence-electron chi connectivity index (χ3n) is 5.01. The monoisotopic (exact) mass is 457 g/mol. The molecule has 2 aromatic carbocycles. The molecule has 0 aliphatic carbocycles. The Morgan fingerprint density at radius 1 is 1.16 bits per heavy atom. The van der Waals surface area contributed by atoms with Gasteiger partial charge in [0.1, 0.15) is 0 Å². The summed E-state index contributed by atoms with van der Waals surface area (Å²) in [6.45, 7) is 6.72. The molecular formula is C22H24ClN5O2S. The van der Waals surface area contributed by atoms with Crippen LogP contribution in [0, 0.1) is 6.92 Å². The second-order valence-corrected chi connectivity index (χ2v) is 9.01. The van der Waals surface area contributed by atoms with Gasteiger partial charge in [-0.1, -0.05) is 47.6 Å². The molecule has 0 radical (unpaired) electrons. The smallest absolute Gasteiger partial charge is 0.237 e. The molecule has 1 aliphatic rings. The first kappa shape index (κ1) is 21.7. The molecule has 1 atom stereocenters. The molecule has 1 aromatic heterocycles. The summed E-state index contributed by atoms with van der Waals surface area (Å²) in [7, 11) is 0. The first-order chi connectivity index (χ1) is 15.0. The highest BCUT2D eigenvalue weighted by atomic mass is 35.5. The van der Waals surface area contributed by atoms with Crippen molar-refractivity contribution in [2.75, 3.05) is 36.5 Å². The number of benzene rings is 2. The highest BCUT2D eigenvalue weighted by Crippen LogP contribution is 2.31. The van der Waals surface area contributed by atoms with E-state index in [4.69, 9.17) is 16.3 Å². The number of morpholine rings is 1. The maximum Gasteiger partial charge on any atom is 0.237 e. The van der Waals surface area contributed by atoms with Gasteiger partial charge >= 0.3 is 0 Å². The minimum atomic E-state index is -0.386. The van der Waals surface area contributed by atoms with Crippen LogP contribution >= 0.6 is 23.4 Å². The van der Waals surface area contributed by atoms with E-state index < -0.39 is 0 Å². The molecule has 1 unspecified atom stereocenters. The molecule has 1 amide bonds. The van der Waals surface area contributed by atoms with Crippen molar-refractivity contribution in [3.63, 3.8) is 0 Å². The van der Waals surface area contributed by atoms with Gasteiger partial charge in [-0.2, -0.15) is 0 Å². The van der Waals surface area contributed by atoms with Gasteiger partial charge < -0.3 is 15.0 Å². The Bertz CT molecular complexity index is 1070. The lowest BCUT2D eigenvalue weighted by Crippen LogP contribution is -2.38. The Morgan fingerprint density at radius 3 is 2.68 bits per heavy atom. The highest BCUT2D eigenvalue weighted by Gasteiger charge is 2.25. The zero-order valence-electron chi connectivity index (χ0n) is 17.4. The van der Waals surface area contributed by atoms with Gasteiger partial charge in [-0.25, -0.2) is 0 Å². The van der Waals surface area contributed by atoms with E-state index in [0.29, 0.717) is 29.1 Å². The average molecular weight is 458 g/mol. The van der Waals surface area contributed by atoms with Gasteiger partial charge in [0.05, 0.1) is 24.2 Å². The number of para-hydroxylation sites is 1. The predicted molar refractivity (Wildman–Crippen MR) is 125 cm³/mol. The van der Waals surface area contributed by atoms with E-state index in [9.17, 15) is 4.79 Å². The first-order valence-electron chi connectivity index (χ1n) is 10.1. The summed E-state index contributed by atoms with van der Waals surface area (Å²) in [6, 6.07) is 15.2. The van der Waals surface area contributed by atoms with Crippen LogP contribution in [0.5, 0.6) is 0 Å². The van der Waals surface area contributed by atoms with Crippen molar-refractivity contribution < 1.29 is 9.53 Å². The molecule has 1 aliphatic heterocycles. The lowest BCUT2D eigenvalue weighted by molar-refractivity contribution is -0.115. The summed E-state index contributed by atoms with van der Waals surface area (Å²) in [5.41, 5.74) is 2.77. The van der Waals surface area contributed by atoms with Crippen LogP contribution in [0.1, 0.15) is 12.5 Å². The zero-order chi connectivity index (χ0) is 21.8. The van der Waals surface area contributed by atoms with Crippen molar-refractivity contribution in [3.05, 3.63) is 59.1 Å². The molecule has 2 heterocycles. The van der Waals surface area contributed by atoms with Gasteiger partial charge in [0.2, 0.25) is 11.9 Å². The number of hydrogen-bond acceptors (Lipinski definition) is 6. The third-order valence-corrected chi connectivity index (χ3v) is 6.29. The number of halogens is 1. The number of amides is 1. The van der Waals surface area contributed by atoms with Gasteiger partial charge in [-0.15, -0.1) is 10.2 Å². The number of carbonyl (C=O) groups excluding carboxylic acids is 1. The molecule has 7 nitrogen and oxygen atoms in total. The molecule has 9 heteroatoms. The molecule has 31 heavy (non-hydrogen) atoms. The number of anilines is 2. The van der Waals surface area contributed by atoms with Crippen LogP contribution in [-0.2, 0) is 9.53 Å². The van der Waals surface area contributed by atoms with E-state index in [1.165, 1.54) is 11.8 Å². The number of rotatable bonds is 6. The van der Waals surface area contributed by atoms with Crippen LogP contribution in [0.2, 0.25) is 5.02 Å². The molecular weight excluding hydrogens is 434 g/mol. The molecule has 1 fully saturated rings. The summed E-state index contributed by atoms with van der Waals surface area (Å²) in [6.07, 6.45) is 0. The average Bonchev–Trinajstić information content (AvgIpc) is 3.18. The van der Waals surface area contributed by atoms with Gasteiger partial charge in [-0.3, -0.25) is 9.36 Å². The van der Waals surface area contributed by atoms with Crippen molar-refractivity contribution in [3.8, 4) is 5.69 Å². The SMILES string of the molecule is Cc1ccccc1-n1c(SC(C)C(=O)Nc2cccc(Cl)c2)nnc1N1CCOCC1. The van der Waals surface area contributed by atoms with E-state index in [2.05, 4.69) is 33.4 Å². The molecule has 1 N–H and O–H groups in total. The summed E-state index contributed by atoms with van der Waals surface area (Å²) < 4.78 is 7.53. The van der Waals surface area contributed by atoms with E-state index in [1.807, 2.05) is 35.8 Å². The number of hydrogen-bond donors (Lipinski definition) is 1. The quantitative estimate of drug-likeness (QED) is 0.560. The number of nitrogens with one attached hydrogen (secondary N) is 1. The Balaban J connectivity index is 1.61. The summed E-state index contributed by atoms with van der Waals surface area (Å²) >= 11 is 7.40. The lowest BCUT2D eigenvalue weighted by Gasteiger charge is -2.28. The second-order valence-electron chi connectivity index (χ2n) is 7.26. The molecule has 0 saturated carbocycles. The summed E-state index contributed by atoms with van der Waals surface area (Å²) in [4.78, 5) is 15.0. The van der Waals surface area contributed by atoms with Crippen molar-refractivity contribution in [2.45, 2.75) is 24.3 Å². The van der Waals surface area contributed by atoms with E-state index in [-0.39, 0.29) is 11.2 Å². The minimum absolute atomic E-state index is 0.125. The predicted octanol–water partition coefficient (Wildman–Crippen LogP) is 4.19. The standard InChI is InChI=1S/C22H24ClN5O2S/c1-15-6-3-4-9-19(15)28-21(27-10-12-30-13-11-27)25-26-22(28)31-16(2)20(29)24-18-8-5-7-17(23)14-18/h3-9,14,16H,10-13H2,1-2H3,(H,24,29). The number of aromatic nitrogens is 3. The van der Waals surface area contributed by atoms with Gasteiger partial charge in [0.15, 0.2) is 5.16 Å². The Kier molecular flexibility index (Phi) is 6.80. The number of ether oxygens (including phenoxy) is 1. The normalized spacial score (nSPS) is 15.0. The number of nitrogens with zero attached hydrogens (tertiary/aromatic N) is 4. The third kappa shape index (κ3) is 5.03. The Labute approximate surface area is 190 Å². The molecule has 0 bridgehead atoms. The molecule has 1 saturated heterocycles. The number of aryl methyl sites for hydroxylation is 1. The van der Waals surface area contributed by atoms with E-state index in [0.717, 1.165) is 30.3 Å². The fraction of sp³-hybridized carbons (Fsp3) is 0.318. The largest absolute Gasteiger partial charge is 0.378 e. The number of carbonyl (C=O) groups is 1. The minimum Gasteiger partial charge on any atom is -0.378 e. The van der Waals surface area contributed by atoms with Crippen LogP contribution in [-0.4, -0.2) is 52.2 Å². The van der Waals surface area contributed by atoms with Crippen LogP contribution < -0.4 is 10.2 Å². The van der Waals surface area contributed by atoms with Gasteiger partial charge in [-0.05, 0) is 43.7 Å². The van der Waals surface area contributed by atoms with Crippen LogP contribution in [0.15, 0.2) is 53.7 Å². The molecule has 3 aromatic rings. The van der Waals surface area contributed by atoms with Gasteiger partial charge in [0.25, 0.3) is 0 Å². The summed E-state index contributed by atoms with van der Waals surface area (Å²) in [5, 5.41) is 12.7. The maximum absolute atomic E-state index is 12.8. The fourth-order valence-corrected chi connectivity index (χ4v) is 4.40. The van der Waals surface area contributed by atoms with Crippen molar-refractivity contribution in [1.29, 1.82) is 0 Å². The van der Waals surface area contributed by atoms with E-state index in [1.54, 1.807) is 18.2 Å². The highest BCUT2D eigenvalue weighted by molar-refractivity contribution is 8.00. The van der Waals surface area contributed by atoms with Crippen LogP contribution in [0.3, 0.4) is 0 Å². The van der Waals surface area contributed by atoms with E-state index >= 15 is 0 Å². The Hall–Kier alpha value is -2.55. The summed E-state index contributed by atoms with van der Waals surface area (Å²) in [5.74, 6) is 0.641. The topological polar surface area (TPSA) is 72.3 Å². The van der Waals surface area contributed by atoms with Crippen LogP contribution in [0.4, 0.5) is 11.6 Å². The second kappa shape index (κ2) is 9.72. The van der Waals surface area contributed by atoms with Crippen molar-refractivity contribution in [2.24, 2.45) is 0 Å². The Morgan fingerprint density at radius 2 is 1.94 bits per heavy atom. The molecule has 162 valence electrons. The zero-order valence-corrected chi connectivity index (χ0v) is 19.0. The molecule has 4 rings (SSSR count). The molecule has 0 spiro atoms.